The molecule has 5 heteroatoms. The first-order chi connectivity index (χ1) is 6.67. The summed E-state index contributed by atoms with van der Waals surface area (Å²) in [6, 6.07) is 3.74. The third-order valence-electron chi connectivity index (χ3n) is 1.59. The quantitative estimate of drug-likeness (QED) is 0.653. The number of hydrogen-bond acceptors (Lipinski definition) is 4. The molecule has 0 bridgehead atoms. The van der Waals surface area contributed by atoms with Gasteiger partial charge in [-0.2, -0.15) is 10.5 Å². The van der Waals surface area contributed by atoms with Gasteiger partial charge in [0.05, 0.1) is 6.20 Å². The van der Waals surface area contributed by atoms with Gasteiger partial charge in [0.2, 0.25) is 0 Å². The lowest BCUT2D eigenvalue weighted by Crippen LogP contribution is -2.00. The summed E-state index contributed by atoms with van der Waals surface area (Å²) in [6.07, 6.45) is 3.10. The van der Waals surface area contributed by atoms with Crippen molar-refractivity contribution in [3.05, 3.63) is 17.5 Å². The highest BCUT2D eigenvalue weighted by atomic mass is 15.4. The normalized spacial score (nSPS) is 9.21. The van der Waals surface area contributed by atoms with Gasteiger partial charge >= 0.3 is 0 Å². The highest BCUT2D eigenvalue weighted by molar-refractivity contribution is 5.58. The number of hydrogen-bond donors (Lipinski definition) is 0. The van der Waals surface area contributed by atoms with Crippen LogP contribution in [0, 0.1) is 22.7 Å². The summed E-state index contributed by atoms with van der Waals surface area (Å²) in [7, 11) is 0. The zero-order valence-corrected chi connectivity index (χ0v) is 7.97. The van der Waals surface area contributed by atoms with E-state index in [2.05, 4.69) is 10.3 Å². The van der Waals surface area contributed by atoms with E-state index < -0.39 is 0 Å². The van der Waals surface area contributed by atoms with E-state index in [1.54, 1.807) is 23.0 Å². The van der Waals surface area contributed by atoms with Crippen molar-refractivity contribution in [2.45, 2.75) is 19.9 Å². The standard InChI is InChI=1S/C9H9N5/c1-7(2)14-6-9(12-13-14)3-8(4-10)5-11/h3,6-7H,1-2H3. The monoisotopic (exact) mass is 187 g/mol. The molecular formula is C9H9N5. The van der Waals surface area contributed by atoms with Crippen LogP contribution in [0.1, 0.15) is 25.6 Å². The molecular weight excluding hydrogens is 178 g/mol. The highest BCUT2D eigenvalue weighted by Gasteiger charge is 2.02. The lowest BCUT2D eigenvalue weighted by Gasteiger charge is -2.00. The second kappa shape index (κ2) is 4.20. The van der Waals surface area contributed by atoms with Crippen molar-refractivity contribution in [2.75, 3.05) is 0 Å². The fourth-order valence-electron chi connectivity index (χ4n) is 0.846. The summed E-state index contributed by atoms with van der Waals surface area (Å²) in [4.78, 5) is 0. The Morgan fingerprint density at radius 1 is 1.50 bits per heavy atom. The number of nitrogens with zero attached hydrogens (tertiary/aromatic N) is 5. The molecule has 1 heterocycles. The average Bonchev–Trinajstić information content (AvgIpc) is 2.62. The van der Waals surface area contributed by atoms with Gasteiger partial charge in [0, 0.05) is 6.04 Å². The summed E-state index contributed by atoms with van der Waals surface area (Å²) in [6.45, 7) is 3.94. The van der Waals surface area contributed by atoms with Gasteiger partial charge in [-0.15, -0.1) is 5.10 Å². The van der Waals surface area contributed by atoms with Crippen LogP contribution in [0.3, 0.4) is 0 Å². The van der Waals surface area contributed by atoms with E-state index in [0.29, 0.717) is 5.69 Å². The molecule has 0 saturated carbocycles. The minimum absolute atomic E-state index is 0.0285. The molecule has 0 amide bonds. The Morgan fingerprint density at radius 3 is 2.57 bits per heavy atom. The van der Waals surface area contributed by atoms with Crippen LogP contribution in [-0.4, -0.2) is 15.0 Å². The number of aromatic nitrogens is 3. The zero-order chi connectivity index (χ0) is 10.6. The third-order valence-corrected chi connectivity index (χ3v) is 1.59. The Hall–Kier alpha value is -2.14. The Bertz CT molecular complexity index is 411. The molecule has 0 fully saturated rings. The molecule has 70 valence electrons. The predicted octanol–water partition coefficient (Wildman–Crippen LogP) is 1.29. The SMILES string of the molecule is CC(C)n1cc(C=C(C#N)C#N)nn1. The van der Waals surface area contributed by atoms with E-state index in [0.717, 1.165) is 0 Å². The Morgan fingerprint density at radius 2 is 2.14 bits per heavy atom. The second-order valence-corrected chi connectivity index (χ2v) is 3.00. The molecule has 0 radical (unpaired) electrons. The van der Waals surface area contributed by atoms with E-state index in [4.69, 9.17) is 10.5 Å². The molecule has 0 N–H and O–H groups in total. The average molecular weight is 187 g/mol. The lowest BCUT2D eigenvalue weighted by atomic mass is 10.2. The van der Waals surface area contributed by atoms with Crippen LogP contribution in [0.5, 0.6) is 0 Å². The fourth-order valence-corrected chi connectivity index (χ4v) is 0.846. The van der Waals surface area contributed by atoms with Gasteiger partial charge < -0.3 is 0 Å². The maximum absolute atomic E-state index is 8.51. The molecule has 0 atom stereocenters. The van der Waals surface area contributed by atoms with Crippen LogP contribution in [0.2, 0.25) is 0 Å². The van der Waals surface area contributed by atoms with Crippen LogP contribution in [0.4, 0.5) is 0 Å². The summed E-state index contributed by atoms with van der Waals surface area (Å²) in [5.74, 6) is 0. The van der Waals surface area contributed by atoms with Crippen molar-refractivity contribution in [1.82, 2.24) is 15.0 Å². The molecule has 0 spiro atoms. The first-order valence-corrected chi connectivity index (χ1v) is 4.11. The van der Waals surface area contributed by atoms with E-state index in [9.17, 15) is 0 Å². The molecule has 0 aromatic carbocycles. The molecule has 5 nitrogen and oxygen atoms in total. The van der Waals surface area contributed by atoms with E-state index in [1.165, 1.54) is 6.08 Å². The van der Waals surface area contributed by atoms with Crippen LogP contribution in [0.25, 0.3) is 6.08 Å². The summed E-state index contributed by atoms with van der Waals surface area (Å²) in [5.41, 5.74) is 0.553. The minimum Gasteiger partial charge on any atom is -0.249 e. The molecule has 0 aliphatic heterocycles. The maximum atomic E-state index is 8.51. The summed E-state index contributed by atoms with van der Waals surface area (Å²) >= 11 is 0. The predicted molar refractivity (Wildman–Crippen MR) is 49.6 cm³/mol. The minimum atomic E-state index is 0.0285. The van der Waals surface area contributed by atoms with Crippen molar-refractivity contribution < 1.29 is 0 Å². The third kappa shape index (κ3) is 2.18. The molecule has 0 unspecified atom stereocenters. The van der Waals surface area contributed by atoms with Crippen molar-refractivity contribution in [1.29, 1.82) is 10.5 Å². The van der Waals surface area contributed by atoms with Crippen molar-refractivity contribution in [3.8, 4) is 12.1 Å². The maximum Gasteiger partial charge on any atom is 0.131 e. The van der Waals surface area contributed by atoms with Gasteiger partial charge in [0.25, 0.3) is 0 Å². The first kappa shape index (κ1) is 9.94. The fraction of sp³-hybridized carbons (Fsp3) is 0.333. The van der Waals surface area contributed by atoms with Crippen molar-refractivity contribution in [3.63, 3.8) is 0 Å². The molecule has 1 aromatic rings. The summed E-state index contributed by atoms with van der Waals surface area (Å²) in [5, 5.41) is 24.7. The van der Waals surface area contributed by atoms with Gasteiger partial charge in [-0.1, -0.05) is 5.21 Å². The molecule has 1 aromatic heterocycles. The second-order valence-electron chi connectivity index (χ2n) is 3.00. The van der Waals surface area contributed by atoms with Crippen LogP contribution in [-0.2, 0) is 0 Å². The topological polar surface area (TPSA) is 78.3 Å². The Balaban J connectivity index is 2.96. The molecule has 0 aliphatic rings. The highest BCUT2D eigenvalue weighted by Crippen LogP contribution is 2.05. The Kier molecular flexibility index (Phi) is 2.98. The van der Waals surface area contributed by atoms with Gasteiger partial charge in [0.15, 0.2) is 0 Å². The van der Waals surface area contributed by atoms with E-state index >= 15 is 0 Å². The lowest BCUT2D eigenvalue weighted by molar-refractivity contribution is 0.514. The number of allylic oxidation sites excluding steroid dienone is 1. The van der Waals surface area contributed by atoms with E-state index in [1.807, 2.05) is 13.8 Å². The largest absolute Gasteiger partial charge is 0.249 e. The molecule has 14 heavy (non-hydrogen) atoms. The van der Waals surface area contributed by atoms with Crippen LogP contribution >= 0.6 is 0 Å². The first-order valence-electron chi connectivity index (χ1n) is 4.11. The zero-order valence-electron chi connectivity index (χ0n) is 7.97. The van der Waals surface area contributed by atoms with Crippen molar-refractivity contribution >= 4 is 6.08 Å². The Labute approximate surface area is 81.9 Å². The van der Waals surface area contributed by atoms with Crippen LogP contribution in [0.15, 0.2) is 11.8 Å². The van der Waals surface area contributed by atoms with Gasteiger partial charge in [-0.3, -0.25) is 0 Å². The molecule has 0 aliphatic carbocycles. The van der Waals surface area contributed by atoms with E-state index in [-0.39, 0.29) is 11.6 Å². The van der Waals surface area contributed by atoms with Crippen LogP contribution < -0.4 is 0 Å². The molecule has 0 saturated heterocycles. The molecule has 1 rings (SSSR count). The number of nitriles is 2. The smallest absolute Gasteiger partial charge is 0.131 e. The van der Waals surface area contributed by atoms with Crippen molar-refractivity contribution in [2.24, 2.45) is 0 Å². The van der Waals surface area contributed by atoms with Gasteiger partial charge in [0.1, 0.15) is 23.4 Å². The van der Waals surface area contributed by atoms with Gasteiger partial charge in [-0.05, 0) is 19.9 Å². The number of rotatable bonds is 2. The van der Waals surface area contributed by atoms with Gasteiger partial charge in [-0.25, -0.2) is 4.68 Å². The summed E-state index contributed by atoms with van der Waals surface area (Å²) < 4.78 is 1.66.